The summed E-state index contributed by atoms with van der Waals surface area (Å²) in [6.07, 6.45) is 0.508. The highest BCUT2D eigenvalue weighted by molar-refractivity contribution is 9.11. The minimum absolute atomic E-state index is 0.236. The maximum atomic E-state index is 9.41. The number of hydrogen-bond donors (Lipinski definition) is 1. The van der Waals surface area contributed by atoms with Crippen LogP contribution in [-0.2, 0) is 6.42 Å². The maximum absolute atomic E-state index is 9.41. The molecule has 4 nitrogen and oxygen atoms in total. The van der Waals surface area contributed by atoms with Crippen molar-refractivity contribution in [3.05, 3.63) is 51.6 Å². The number of halogens is 1. The summed E-state index contributed by atoms with van der Waals surface area (Å²) in [6, 6.07) is 10.9. The van der Waals surface area contributed by atoms with Crippen molar-refractivity contribution >= 4 is 27.3 Å². The van der Waals surface area contributed by atoms with Crippen LogP contribution >= 0.6 is 27.3 Å². The van der Waals surface area contributed by atoms with Crippen molar-refractivity contribution in [3.8, 4) is 16.5 Å². The van der Waals surface area contributed by atoms with Crippen molar-refractivity contribution in [3.63, 3.8) is 0 Å². The van der Waals surface area contributed by atoms with Gasteiger partial charge in [0, 0.05) is 0 Å². The first-order chi connectivity index (χ1) is 9.20. The van der Waals surface area contributed by atoms with E-state index in [-0.39, 0.29) is 5.75 Å². The third-order valence-electron chi connectivity index (χ3n) is 2.53. The van der Waals surface area contributed by atoms with Crippen LogP contribution in [0.4, 0.5) is 0 Å². The Morgan fingerprint density at radius 1 is 1.26 bits per heavy atom. The van der Waals surface area contributed by atoms with Crippen molar-refractivity contribution in [1.29, 1.82) is 0 Å². The van der Waals surface area contributed by atoms with Crippen LogP contribution in [0.1, 0.15) is 11.5 Å². The van der Waals surface area contributed by atoms with Crippen LogP contribution in [0.5, 0.6) is 5.75 Å². The number of aromatic nitrogens is 2. The fourth-order valence-electron chi connectivity index (χ4n) is 1.70. The summed E-state index contributed by atoms with van der Waals surface area (Å²) >= 11 is 4.96. The molecule has 1 aromatic carbocycles. The van der Waals surface area contributed by atoms with Crippen LogP contribution in [0.2, 0.25) is 0 Å². The van der Waals surface area contributed by atoms with E-state index in [0.29, 0.717) is 18.1 Å². The van der Waals surface area contributed by atoms with Crippen LogP contribution < -0.4 is 0 Å². The lowest BCUT2D eigenvalue weighted by Crippen LogP contribution is -1.87. The van der Waals surface area contributed by atoms with Gasteiger partial charge >= 0.3 is 0 Å². The van der Waals surface area contributed by atoms with Crippen molar-refractivity contribution in [1.82, 2.24) is 10.1 Å². The molecule has 2 aromatic heterocycles. The zero-order valence-electron chi connectivity index (χ0n) is 9.71. The van der Waals surface area contributed by atoms with Gasteiger partial charge in [-0.05, 0) is 45.8 Å². The molecule has 1 N–H and O–H groups in total. The molecule has 0 amide bonds. The molecular weight excluding hydrogens is 328 g/mol. The molecule has 0 spiro atoms. The van der Waals surface area contributed by atoms with Gasteiger partial charge in [-0.25, -0.2) is 0 Å². The van der Waals surface area contributed by atoms with Crippen molar-refractivity contribution < 1.29 is 9.63 Å². The zero-order valence-corrected chi connectivity index (χ0v) is 12.1. The van der Waals surface area contributed by atoms with Crippen molar-refractivity contribution in [2.45, 2.75) is 6.42 Å². The second-order valence-electron chi connectivity index (χ2n) is 3.96. The monoisotopic (exact) mass is 336 g/mol. The van der Waals surface area contributed by atoms with Gasteiger partial charge in [-0.2, -0.15) is 4.98 Å². The Bertz CT molecular complexity index is 708. The molecule has 0 aliphatic heterocycles. The first kappa shape index (κ1) is 12.4. The van der Waals surface area contributed by atoms with Gasteiger partial charge in [-0.1, -0.05) is 17.3 Å². The summed E-state index contributed by atoms with van der Waals surface area (Å²) in [4.78, 5) is 5.31. The first-order valence-electron chi connectivity index (χ1n) is 5.57. The Labute approximate surface area is 121 Å². The van der Waals surface area contributed by atoms with Gasteiger partial charge < -0.3 is 9.63 Å². The van der Waals surface area contributed by atoms with Gasteiger partial charge in [0.05, 0.1) is 15.1 Å². The predicted molar refractivity (Wildman–Crippen MR) is 76.2 cm³/mol. The lowest BCUT2D eigenvalue weighted by molar-refractivity contribution is 0.385. The van der Waals surface area contributed by atoms with Crippen LogP contribution in [0.3, 0.4) is 0 Å². The summed E-state index contributed by atoms with van der Waals surface area (Å²) in [5.74, 6) is 1.36. The van der Waals surface area contributed by atoms with Gasteiger partial charge in [0.1, 0.15) is 5.75 Å². The van der Waals surface area contributed by atoms with E-state index >= 15 is 0 Å². The summed E-state index contributed by atoms with van der Waals surface area (Å²) in [6.45, 7) is 0. The van der Waals surface area contributed by atoms with E-state index in [1.54, 1.807) is 29.5 Å². The van der Waals surface area contributed by atoms with Crippen molar-refractivity contribution in [2.75, 3.05) is 0 Å². The minimum atomic E-state index is 0.236. The highest BCUT2D eigenvalue weighted by Crippen LogP contribution is 2.29. The summed E-state index contributed by atoms with van der Waals surface area (Å²) in [5.41, 5.74) is 0.933. The Balaban J connectivity index is 1.82. The zero-order chi connectivity index (χ0) is 13.2. The molecule has 0 atom stereocenters. The molecule has 0 unspecified atom stereocenters. The fourth-order valence-corrected chi connectivity index (χ4v) is 3.01. The maximum Gasteiger partial charge on any atom is 0.231 e. The Hall–Kier alpha value is -1.66. The molecule has 3 rings (SSSR count). The molecule has 0 aliphatic carbocycles. The highest BCUT2D eigenvalue weighted by Gasteiger charge is 2.11. The summed E-state index contributed by atoms with van der Waals surface area (Å²) in [5, 5.41) is 13.4. The molecule has 19 heavy (non-hydrogen) atoms. The average Bonchev–Trinajstić information content (AvgIpc) is 2.98. The van der Waals surface area contributed by atoms with E-state index in [1.165, 1.54) is 0 Å². The molecule has 0 radical (unpaired) electrons. The molecule has 96 valence electrons. The number of phenols is 1. The van der Waals surface area contributed by atoms with Crippen LogP contribution in [-0.4, -0.2) is 15.2 Å². The van der Waals surface area contributed by atoms with E-state index in [0.717, 1.165) is 14.2 Å². The van der Waals surface area contributed by atoms with E-state index in [1.807, 2.05) is 18.2 Å². The van der Waals surface area contributed by atoms with Gasteiger partial charge in [-0.3, -0.25) is 0 Å². The number of hydrogen-bond acceptors (Lipinski definition) is 5. The second kappa shape index (κ2) is 5.14. The van der Waals surface area contributed by atoms with Crippen LogP contribution in [0, 0.1) is 0 Å². The molecule has 0 fully saturated rings. The van der Waals surface area contributed by atoms with Gasteiger partial charge in [0.25, 0.3) is 0 Å². The SMILES string of the molecule is Oc1cccc(Cc2nc(-c3ccc(Br)s3)no2)c1. The third-order valence-corrected chi connectivity index (χ3v) is 4.15. The van der Waals surface area contributed by atoms with Gasteiger partial charge in [0.15, 0.2) is 0 Å². The smallest absolute Gasteiger partial charge is 0.231 e. The number of thiophene rings is 1. The van der Waals surface area contributed by atoms with E-state index < -0.39 is 0 Å². The van der Waals surface area contributed by atoms with Gasteiger partial charge in [-0.15, -0.1) is 11.3 Å². The number of nitrogens with zero attached hydrogens (tertiary/aromatic N) is 2. The largest absolute Gasteiger partial charge is 0.508 e. The number of phenolic OH excluding ortho intramolecular Hbond substituents is 1. The Kier molecular flexibility index (Phi) is 3.35. The van der Waals surface area contributed by atoms with E-state index in [4.69, 9.17) is 4.52 Å². The molecule has 0 aliphatic rings. The lowest BCUT2D eigenvalue weighted by atomic mass is 10.1. The topological polar surface area (TPSA) is 59.2 Å². The molecule has 0 bridgehead atoms. The van der Waals surface area contributed by atoms with Crippen LogP contribution in [0.25, 0.3) is 10.7 Å². The molecular formula is C13H9BrN2O2S. The number of rotatable bonds is 3. The normalized spacial score (nSPS) is 10.8. The molecule has 6 heteroatoms. The minimum Gasteiger partial charge on any atom is -0.508 e. The highest BCUT2D eigenvalue weighted by atomic mass is 79.9. The number of benzene rings is 1. The Morgan fingerprint density at radius 2 is 2.16 bits per heavy atom. The van der Waals surface area contributed by atoms with Crippen LogP contribution in [0.15, 0.2) is 44.7 Å². The fraction of sp³-hybridized carbons (Fsp3) is 0.0769. The molecule has 0 saturated heterocycles. The summed E-state index contributed by atoms with van der Waals surface area (Å²) in [7, 11) is 0. The second-order valence-corrected chi connectivity index (χ2v) is 6.43. The molecule has 0 saturated carbocycles. The molecule has 2 heterocycles. The molecule has 3 aromatic rings. The first-order valence-corrected chi connectivity index (χ1v) is 7.18. The number of aromatic hydroxyl groups is 1. The van der Waals surface area contributed by atoms with E-state index in [2.05, 4.69) is 26.1 Å². The standard InChI is InChI=1S/C13H9BrN2O2S/c14-11-5-4-10(19-11)13-15-12(18-16-13)7-8-2-1-3-9(17)6-8/h1-6,17H,7H2. The predicted octanol–water partition coefficient (Wildman–Crippen LogP) is 3.86. The van der Waals surface area contributed by atoms with Crippen molar-refractivity contribution in [2.24, 2.45) is 0 Å². The Morgan fingerprint density at radius 3 is 2.89 bits per heavy atom. The van der Waals surface area contributed by atoms with Gasteiger partial charge in [0.2, 0.25) is 11.7 Å². The average molecular weight is 337 g/mol. The van der Waals surface area contributed by atoms with E-state index in [9.17, 15) is 5.11 Å². The third kappa shape index (κ3) is 2.85. The summed E-state index contributed by atoms with van der Waals surface area (Å²) < 4.78 is 6.25. The quantitative estimate of drug-likeness (QED) is 0.788. The lowest BCUT2D eigenvalue weighted by Gasteiger charge is -1.96.